The number of aliphatic hydroxyl groups is 1. The highest BCUT2D eigenvalue weighted by atomic mass is 79.9. The zero-order chi connectivity index (χ0) is 12.1. The number of esters is 1. The van der Waals surface area contributed by atoms with Gasteiger partial charge in [0.2, 0.25) is 0 Å². The highest BCUT2D eigenvalue weighted by Gasteiger charge is 2.63. The molecule has 0 aromatic heterocycles. The molecule has 1 heterocycles. The molecule has 0 saturated carbocycles. The molecule has 86 valence electrons. The van der Waals surface area contributed by atoms with E-state index >= 15 is 0 Å². The van der Waals surface area contributed by atoms with E-state index in [-0.39, 0.29) is 5.56 Å². The highest BCUT2D eigenvalue weighted by molar-refractivity contribution is 9.10. The van der Waals surface area contributed by atoms with Crippen molar-refractivity contribution >= 4 is 21.9 Å². The van der Waals surface area contributed by atoms with Crippen LogP contribution in [0.1, 0.15) is 15.9 Å². The van der Waals surface area contributed by atoms with Crippen LogP contribution in [0, 0.1) is 0 Å². The molecule has 7 heteroatoms. The van der Waals surface area contributed by atoms with Crippen molar-refractivity contribution in [1.82, 2.24) is 0 Å². The zero-order valence-corrected chi connectivity index (χ0v) is 9.09. The number of fused-ring (bicyclic) bond motifs is 1. The van der Waals surface area contributed by atoms with Gasteiger partial charge in [-0.1, -0.05) is 15.9 Å². The quantitative estimate of drug-likeness (QED) is 0.748. The predicted molar refractivity (Wildman–Crippen MR) is 49.5 cm³/mol. The van der Waals surface area contributed by atoms with Gasteiger partial charge in [0, 0.05) is 10.0 Å². The van der Waals surface area contributed by atoms with Crippen molar-refractivity contribution in [2.45, 2.75) is 12.0 Å². The molecule has 0 amide bonds. The summed E-state index contributed by atoms with van der Waals surface area (Å²) in [7, 11) is 0. The Morgan fingerprint density at radius 2 is 2.00 bits per heavy atom. The van der Waals surface area contributed by atoms with Crippen LogP contribution in [0.4, 0.5) is 13.2 Å². The second-order valence-electron chi connectivity index (χ2n) is 3.22. The van der Waals surface area contributed by atoms with E-state index in [4.69, 9.17) is 0 Å². The summed E-state index contributed by atoms with van der Waals surface area (Å²) in [5.41, 5.74) is -0.887. The van der Waals surface area contributed by atoms with Crippen LogP contribution in [0.25, 0.3) is 0 Å². The number of alkyl halides is 3. The smallest absolute Gasteiger partial charge is 0.415 e. The van der Waals surface area contributed by atoms with Gasteiger partial charge >= 0.3 is 17.9 Å². The van der Waals surface area contributed by atoms with Crippen LogP contribution in [-0.2, 0) is 10.5 Å². The van der Waals surface area contributed by atoms with Gasteiger partial charge < -0.3 is 9.84 Å². The Kier molecular flexibility index (Phi) is 2.29. The number of cyclic esters (lactones) is 1. The summed E-state index contributed by atoms with van der Waals surface area (Å²) in [5, 5.41) is 9.39. The third-order valence-electron chi connectivity index (χ3n) is 2.19. The number of rotatable bonds is 0. The van der Waals surface area contributed by atoms with E-state index in [0.717, 1.165) is 12.1 Å². The van der Waals surface area contributed by atoms with Crippen LogP contribution in [0.5, 0.6) is 0 Å². The van der Waals surface area contributed by atoms with E-state index in [1.807, 2.05) is 0 Å². The van der Waals surface area contributed by atoms with Gasteiger partial charge in [0.25, 0.3) is 0 Å². The van der Waals surface area contributed by atoms with E-state index in [0.29, 0.717) is 4.47 Å². The van der Waals surface area contributed by atoms with Gasteiger partial charge in [0.05, 0.1) is 5.56 Å². The second kappa shape index (κ2) is 3.21. The van der Waals surface area contributed by atoms with E-state index in [1.165, 1.54) is 6.07 Å². The summed E-state index contributed by atoms with van der Waals surface area (Å²) < 4.78 is 42.1. The van der Waals surface area contributed by atoms with Gasteiger partial charge in [-0.05, 0) is 18.2 Å². The molecule has 0 saturated heterocycles. The molecule has 16 heavy (non-hydrogen) atoms. The normalized spacial score (nSPS) is 24.2. The third-order valence-corrected chi connectivity index (χ3v) is 2.68. The van der Waals surface area contributed by atoms with Crippen LogP contribution in [-0.4, -0.2) is 17.3 Å². The van der Waals surface area contributed by atoms with Crippen LogP contribution >= 0.6 is 15.9 Å². The molecule has 0 bridgehead atoms. The third kappa shape index (κ3) is 1.42. The van der Waals surface area contributed by atoms with E-state index in [9.17, 15) is 23.1 Å². The Bertz CT molecular complexity index is 472. The lowest BCUT2D eigenvalue weighted by Crippen LogP contribution is -2.42. The Morgan fingerprint density at radius 3 is 2.56 bits per heavy atom. The average molecular weight is 297 g/mol. The maximum absolute atomic E-state index is 12.6. The number of hydrogen-bond donors (Lipinski definition) is 1. The number of carbonyl (C=O) groups excluding carboxylic acids is 1. The van der Waals surface area contributed by atoms with Crippen molar-refractivity contribution in [3.05, 3.63) is 33.8 Å². The van der Waals surface area contributed by atoms with Crippen molar-refractivity contribution in [2.24, 2.45) is 0 Å². The molecule has 1 aliphatic heterocycles. The van der Waals surface area contributed by atoms with Gasteiger partial charge in [0.1, 0.15) is 0 Å². The maximum atomic E-state index is 12.6. The van der Waals surface area contributed by atoms with Crippen LogP contribution in [0.2, 0.25) is 0 Å². The fraction of sp³-hybridized carbons (Fsp3) is 0.222. The van der Waals surface area contributed by atoms with Crippen molar-refractivity contribution in [1.29, 1.82) is 0 Å². The summed E-state index contributed by atoms with van der Waals surface area (Å²) in [6.07, 6.45) is -5.07. The highest BCUT2D eigenvalue weighted by Crippen LogP contribution is 2.46. The molecular weight excluding hydrogens is 293 g/mol. The first-order valence-corrected chi connectivity index (χ1v) is 4.87. The van der Waals surface area contributed by atoms with Crippen molar-refractivity contribution < 1.29 is 27.8 Å². The summed E-state index contributed by atoms with van der Waals surface area (Å²) in [4.78, 5) is 11.1. The Labute approximate surface area is 96.0 Å². The lowest BCUT2D eigenvalue weighted by atomic mass is 10.0. The van der Waals surface area contributed by atoms with Gasteiger partial charge in [-0.2, -0.15) is 13.2 Å². The number of halogens is 4. The number of hydrogen-bond acceptors (Lipinski definition) is 3. The largest absolute Gasteiger partial charge is 0.460 e. The molecule has 1 N–H and O–H groups in total. The number of carbonyl (C=O) groups is 1. The van der Waals surface area contributed by atoms with E-state index in [2.05, 4.69) is 20.7 Å². The molecule has 0 fully saturated rings. The van der Waals surface area contributed by atoms with E-state index < -0.39 is 23.5 Å². The Balaban J connectivity index is 2.66. The molecule has 1 aromatic rings. The molecular formula is C9H4BrF3O3. The summed E-state index contributed by atoms with van der Waals surface area (Å²) >= 11 is 2.96. The second-order valence-corrected chi connectivity index (χ2v) is 4.14. The molecule has 1 atom stereocenters. The maximum Gasteiger partial charge on any atom is 0.460 e. The number of benzene rings is 1. The Hall–Kier alpha value is -1.08. The average Bonchev–Trinajstić information content (AvgIpc) is 2.39. The molecule has 1 unspecified atom stereocenters. The molecule has 1 aliphatic rings. The minimum absolute atomic E-state index is 0.289. The number of ether oxygens (including phenoxy) is 1. The first-order chi connectivity index (χ1) is 7.25. The molecule has 0 radical (unpaired) electrons. The lowest BCUT2D eigenvalue weighted by Gasteiger charge is -2.24. The van der Waals surface area contributed by atoms with Crippen LogP contribution in [0.15, 0.2) is 22.7 Å². The topological polar surface area (TPSA) is 46.5 Å². The molecule has 0 spiro atoms. The SMILES string of the molecule is O=C1OC(O)(C(F)(F)F)c2cc(Br)ccc21. The van der Waals surface area contributed by atoms with Crippen molar-refractivity contribution in [3.63, 3.8) is 0 Å². The van der Waals surface area contributed by atoms with Gasteiger partial charge in [-0.3, -0.25) is 0 Å². The first kappa shape index (κ1) is 11.4. The molecule has 3 nitrogen and oxygen atoms in total. The van der Waals surface area contributed by atoms with Crippen molar-refractivity contribution in [3.8, 4) is 0 Å². The zero-order valence-electron chi connectivity index (χ0n) is 7.51. The molecule has 0 aliphatic carbocycles. The summed E-state index contributed by atoms with van der Waals surface area (Å²) in [6.45, 7) is 0. The monoisotopic (exact) mass is 296 g/mol. The predicted octanol–water partition coefficient (Wildman–Crippen LogP) is 2.33. The van der Waals surface area contributed by atoms with Crippen LogP contribution in [0.3, 0.4) is 0 Å². The standard InChI is InChI=1S/C9H4BrF3O3/c10-4-1-2-5-6(3-4)8(15,9(11,12)13)16-7(5)14/h1-3,15H. The first-order valence-electron chi connectivity index (χ1n) is 4.08. The van der Waals surface area contributed by atoms with Gasteiger partial charge in [-0.15, -0.1) is 0 Å². The molecule has 2 rings (SSSR count). The lowest BCUT2D eigenvalue weighted by molar-refractivity contribution is -0.349. The summed E-state index contributed by atoms with van der Waals surface area (Å²) in [5.74, 6) is -4.74. The minimum Gasteiger partial charge on any atom is -0.415 e. The fourth-order valence-electron chi connectivity index (χ4n) is 1.43. The van der Waals surface area contributed by atoms with E-state index in [1.54, 1.807) is 0 Å². The van der Waals surface area contributed by atoms with Gasteiger partial charge in [0.15, 0.2) is 0 Å². The fourth-order valence-corrected chi connectivity index (χ4v) is 1.79. The van der Waals surface area contributed by atoms with Crippen molar-refractivity contribution in [2.75, 3.05) is 0 Å². The Morgan fingerprint density at radius 1 is 1.38 bits per heavy atom. The molecule has 1 aromatic carbocycles. The summed E-state index contributed by atoms with van der Waals surface area (Å²) in [6, 6.07) is 3.56. The van der Waals surface area contributed by atoms with Gasteiger partial charge in [-0.25, -0.2) is 4.79 Å². The minimum atomic E-state index is -5.07. The van der Waals surface area contributed by atoms with Crippen LogP contribution < -0.4 is 0 Å².